The largest absolute Gasteiger partial charge is 0.474 e. The van der Waals surface area contributed by atoms with Crippen molar-refractivity contribution in [2.24, 2.45) is 5.73 Å². The first-order chi connectivity index (χ1) is 10.2. The Morgan fingerprint density at radius 1 is 0.905 bits per heavy atom. The molecule has 0 aliphatic heterocycles. The summed E-state index contributed by atoms with van der Waals surface area (Å²) in [7, 11) is 1.64. The second kappa shape index (κ2) is 10.4. The molecule has 0 saturated carbocycles. The minimum absolute atomic E-state index is 0.381. The van der Waals surface area contributed by atoms with Gasteiger partial charge in [-0.25, -0.2) is 0 Å². The smallest absolute Gasteiger partial charge is 0.238 e. The number of aryl methyl sites for hydroxylation is 1. The minimum Gasteiger partial charge on any atom is -0.474 e. The highest BCUT2D eigenvalue weighted by Gasteiger charge is 2.10. The molecule has 1 heterocycles. The van der Waals surface area contributed by atoms with Crippen LogP contribution in [0.1, 0.15) is 16.8 Å². The standard InChI is InChI=1S/C14H25N3O4/c1-11-12(2)16-17-14(13(11)10-15)21-9-8-20-7-6-19-5-4-18-3/h4-10,15H2,1-3H3. The van der Waals surface area contributed by atoms with E-state index in [4.69, 9.17) is 24.7 Å². The molecule has 0 radical (unpaired) electrons. The quantitative estimate of drug-likeness (QED) is 0.599. The van der Waals surface area contributed by atoms with Crippen LogP contribution in [0, 0.1) is 13.8 Å². The molecule has 7 nitrogen and oxygen atoms in total. The Bertz CT molecular complexity index is 415. The van der Waals surface area contributed by atoms with Crippen molar-refractivity contribution in [3.8, 4) is 5.88 Å². The molecule has 1 rings (SSSR count). The lowest BCUT2D eigenvalue weighted by atomic mass is 10.1. The van der Waals surface area contributed by atoms with Gasteiger partial charge >= 0.3 is 0 Å². The van der Waals surface area contributed by atoms with Crippen molar-refractivity contribution in [3.05, 3.63) is 16.8 Å². The summed E-state index contributed by atoms with van der Waals surface area (Å²) < 4.78 is 21.1. The van der Waals surface area contributed by atoms with E-state index in [-0.39, 0.29) is 0 Å². The summed E-state index contributed by atoms with van der Waals surface area (Å²) in [6.07, 6.45) is 0. The Kier molecular flexibility index (Phi) is 8.84. The van der Waals surface area contributed by atoms with Crippen molar-refractivity contribution < 1.29 is 18.9 Å². The average molecular weight is 299 g/mol. The van der Waals surface area contributed by atoms with E-state index >= 15 is 0 Å². The summed E-state index contributed by atoms with van der Waals surface area (Å²) in [6.45, 7) is 7.35. The zero-order chi connectivity index (χ0) is 15.5. The number of hydrogen-bond acceptors (Lipinski definition) is 7. The molecule has 7 heteroatoms. The summed E-state index contributed by atoms with van der Waals surface area (Å²) in [4.78, 5) is 0. The first kappa shape index (κ1) is 17.8. The summed E-state index contributed by atoms with van der Waals surface area (Å²) in [5.41, 5.74) is 8.51. The van der Waals surface area contributed by atoms with E-state index in [1.165, 1.54) is 0 Å². The van der Waals surface area contributed by atoms with E-state index in [0.29, 0.717) is 52.1 Å². The lowest BCUT2D eigenvalue weighted by Crippen LogP contribution is -2.15. The monoisotopic (exact) mass is 299 g/mol. The Morgan fingerprint density at radius 2 is 1.52 bits per heavy atom. The maximum atomic E-state index is 5.72. The molecule has 0 aliphatic carbocycles. The Balaban J connectivity index is 2.20. The first-order valence-electron chi connectivity index (χ1n) is 7.00. The van der Waals surface area contributed by atoms with Crippen LogP contribution in [0.2, 0.25) is 0 Å². The van der Waals surface area contributed by atoms with Crippen molar-refractivity contribution >= 4 is 0 Å². The van der Waals surface area contributed by atoms with Gasteiger partial charge in [0.25, 0.3) is 0 Å². The molecule has 0 aliphatic rings. The van der Waals surface area contributed by atoms with E-state index in [9.17, 15) is 0 Å². The first-order valence-corrected chi connectivity index (χ1v) is 7.00. The number of nitrogens with zero attached hydrogens (tertiary/aromatic N) is 2. The highest BCUT2D eigenvalue weighted by Crippen LogP contribution is 2.19. The van der Waals surface area contributed by atoms with Crippen molar-refractivity contribution in [2.75, 3.05) is 46.8 Å². The summed E-state index contributed by atoms with van der Waals surface area (Å²) in [5, 5.41) is 8.07. The van der Waals surface area contributed by atoms with Crippen LogP contribution in [0.25, 0.3) is 0 Å². The van der Waals surface area contributed by atoms with Gasteiger partial charge in [-0.1, -0.05) is 0 Å². The number of rotatable bonds is 11. The minimum atomic E-state index is 0.381. The molecule has 21 heavy (non-hydrogen) atoms. The molecule has 1 aromatic rings. The molecule has 0 atom stereocenters. The highest BCUT2D eigenvalue weighted by atomic mass is 16.6. The van der Waals surface area contributed by atoms with Crippen LogP contribution in [0.4, 0.5) is 0 Å². The molecule has 0 spiro atoms. The van der Waals surface area contributed by atoms with Gasteiger partial charge in [0.15, 0.2) is 0 Å². The summed E-state index contributed by atoms with van der Waals surface area (Å²) in [5.74, 6) is 0.487. The number of ether oxygens (including phenoxy) is 4. The summed E-state index contributed by atoms with van der Waals surface area (Å²) >= 11 is 0. The fourth-order valence-electron chi connectivity index (χ4n) is 1.65. The number of hydrogen-bond donors (Lipinski definition) is 1. The molecule has 0 amide bonds. The SMILES string of the molecule is COCCOCCOCCOc1nnc(C)c(C)c1CN. The predicted octanol–water partition coefficient (Wildman–Crippen LogP) is 0.611. The van der Waals surface area contributed by atoms with E-state index in [0.717, 1.165) is 16.8 Å². The molecule has 1 aromatic heterocycles. The van der Waals surface area contributed by atoms with E-state index < -0.39 is 0 Å². The Morgan fingerprint density at radius 3 is 2.14 bits per heavy atom. The molecule has 2 N–H and O–H groups in total. The normalized spacial score (nSPS) is 10.9. The second-order valence-corrected chi connectivity index (χ2v) is 4.46. The third kappa shape index (κ3) is 6.34. The van der Waals surface area contributed by atoms with Gasteiger partial charge in [-0.15, -0.1) is 5.10 Å². The van der Waals surface area contributed by atoms with Crippen LogP contribution in [-0.4, -0.2) is 56.9 Å². The maximum absolute atomic E-state index is 5.72. The van der Waals surface area contributed by atoms with Crippen LogP contribution < -0.4 is 10.5 Å². The van der Waals surface area contributed by atoms with Crippen LogP contribution in [-0.2, 0) is 20.8 Å². The number of methoxy groups -OCH3 is 1. The number of nitrogens with two attached hydrogens (primary N) is 1. The van der Waals surface area contributed by atoms with E-state index in [1.54, 1.807) is 7.11 Å². The lowest BCUT2D eigenvalue weighted by molar-refractivity contribution is 0.0175. The van der Waals surface area contributed by atoms with Crippen molar-refractivity contribution in [3.63, 3.8) is 0 Å². The molecular formula is C14H25N3O4. The van der Waals surface area contributed by atoms with E-state index in [1.807, 2.05) is 13.8 Å². The fraction of sp³-hybridized carbons (Fsp3) is 0.714. The van der Waals surface area contributed by atoms with Gasteiger partial charge in [-0.05, 0) is 19.4 Å². The van der Waals surface area contributed by atoms with Gasteiger partial charge in [0, 0.05) is 19.2 Å². The van der Waals surface area contributed by atoms with Crippen LogP contribution >= 0.6 is 0 Å². The van der Waals surface area contributed by atoms with Crippen LogP contribution in [0.3, 0.4) is 0 Å². The van der Waals surface area contributed by atoms with Crippen molar-refractivity contribution in [1.82, 2.24) is 10.2 Å². The van der Waals surface area contributed by atoms with Gasteiger partial charge in [-0.3, -0.25) is 0 Å². The zero-order valence-corrected chi connectivity index (χ0v) is 13.1. The maximum Gasteiger partial charge on any atom is 0.238 e. The van der Waals surface area contributed by atoms with Gasteiger partial charge in [-0.2, -0.15) is 5.10 Å². The van der Waals surface area contributed by atoms with Gasteiger partial charge in [0.05, 0.1) is 38.7 Å². The van der Waals surface area contributed by atoms with Gasteiger partial charge in [0.2, 0.25) is 5.88 Å². The molecule has 120 valence electrons. The number of aromatic nitrogens is 2. The third-order valence-electron chi connectivity index (χ3n) is 3.02. The van der Waals surface area contributed by atoms with Gasteiger partial charge < -0.3 is 24.7 Å². The fourth-order valence-corrected chi connectivity index (χ4v) is 1.65. The van der Waals surface area contributed by atoms with Gasteiger partial charge in [0.1, 0.15) is 6.61 Å². The molecule has 0 saturated heterocycles. The molecule has 0 bridgehead atoms. The van der Waals surface area contributed by atoms with Crippen molar-refractivity contribution in [1.29, 1.82) is 0 Å². The molecule has 0 fully saturated rings. The molecule has 0 aromatic carbocycles. The highest BCUT2D eigenvalue weighted by molar-refractivity contribution is 5.34. The topological polar surface area (TPSA) is 88.7 Å². The Hall–Kier alpha value is -1.28. The lowest BCUT2D eigenvalue weighted by Gasteiger charge is -2.12. The second-order valence-electron chi connectivity index (χ2n) is 4.46. The zero-order valence-electron chi connectivity index (χ0n) is 13.1. The van der Waals surface area contributed by atoms with Crippen LogP contribution in [0.15, 0.2) is 0 Å². The van der Waals surface area contributed by atoms with Crippen LogP contribution in [0.5, 0.6) is 5.88 Å². The van der Waals surface area contributed by atoms with Crippen molar-refractivity contribution in [2.45, 2.75) is 20.4 Å². The average Bonchev–Trinajstić information content (AvgIpc) is 2.49. The molecule has 0 unspecified atom stereocenters. The Labute approximate surface area is 125 Å². The predicted molar refractivity (Wildman–Crippen MR) is 78.4 cm³/mol. The third-order valence-corrected chi connectivity index (χ3v) is 3.02. The summed E-state index contributed by atoms with van der Waals surface area (Å²) in [6, 6.07) is 0. The molecular weight excluding hydrogens is 274 g/mol. The van der Waals surface area contributed by atoms with E-state index in [2.05, 4.69) is 10.2 Å².